The zero-order valence-electron chi connectivity index (χ0n) is 22.0. The molecule has 38 heavy (non-hydrogen) atoms. The zero-order chi connectivity index (χ0) is 25.1. The van der Waals surface area contributed by atoms with Crippen LogP contribution in [0.4, 0.5) is 0 Å². The second kappa shape index (κ2) is 7.35. The molecule has 0 radical (unpaired) electrons. The molecule has 2 bridgehead atoms. The monoisotopic (exact) mass is 491 g/mol. The number of hydrogen-bond donors (Lipinski definition) is 0. The lowest BCUT2D eigenvalue weighted by Gasteiger charge is -2.23. The molecular weight excluding hydrogens is 460 g/mol. The topological polar surface area (TPSA) is 8.29 Å². The molecule has 2 aliphatic rings. The lowest BCUT2D eigenvalue weighted by Crippen LogP contribution is -2.29. The molecule has 184 valence electrons. The predicted molar refractivity (Wildman–Crippen MR) is 158 cm³/mol. The van der Waals surface area contributed by atoms with Gasteiger partial charge in [0.15, 0.2) is 6.20 Å². The predicted octanol–water partition coefficient (Wildman–Crippen LogP) is 8.69. The van der Waals surface area contributed by atoms with Crippen molar-refractivity contribution in [3.05, 3.63) is 96.2 Å². The van der Waals surface area contributed by atoms with Crippen molar-refractivity contribution in [3.63, 3.8) is 0 Å². The van der Waals surface area contributed by atoms with Gasteiger partial charge >= 0.3 is 0 Å². The summed E-state index contributed by atoms with van der Waals surface area (Å²) in [6.07, 6.45) is 7.94. The molecule has 2 aliphatic carbocycles. The SMILES string of the molecule is Cc1ccc2c3c(-c4ccccc4)cccc3n3c4cc(C5CC6CCC5C6)cc5cc[n+](C)c(c1c23)c54. The van der Waals surface area contributed by atoms with E-state index in [1.165, 1.54) is 91.4 Å². The van der Waals surface area contributed by atoms with E-state index in [0.717, 1.165) is 11.8 Å². The number of benzene rings is 4. The van der Waals surface area contributed by atoms with Crippen molar-refractivity contribution in [2.75, 3.05) is 0 Å². The minimum absolute atomic E-state index is 0.711. The van der Waals surface area contributed by atoms with E-state index < -0.39 is 0 Å². The molecule has 3 aromatic heterocycles. The van der Waals surface area contributed by atoms with Gasteiger partial charge in [0.2, 0.25) is 5.52 Å². The van der Waals surface area contributed by atoms with Gasteiger partial charge in [-0.15, -0.1) is 0 Å². The van der Waals surface area contributed by atoms with E-state index in [9.17, 15) is 0 Å². The van der Waals surface area contributed by atoms with Crippen molar-refractivity contribution in [1.82, 2.24) is 4.40 Å². The van der Waals surface area contributed by atoms with Gasteiger partial charge in [0.1, 0.15) is 7.05 Å². The van der Waals surface area contributed by atoms with E-state index in [2.05, 4.69) is 108 Å². The van der Waals surface area contributed by atoms with Gasteiger partial charge in [-0.2, -0.15) is 0 Å². The quantitative estimate of drug-likeness (QED) is 0.130. The molecule has 7 aromatic rings. The van der Waals surface area contributed by atoms with Crippen LogP contribution in [-0.2, 0) is 7.05 Å². The molecule has 2 saturated carbocycles. The second-order valence-electron chi connectivity index (χ2n) is 12.1. The van der Waals surface area contributed by atoms with Gasteiger partial charge < -0.3 is 4.40 Å². The summed E-state index contributed by atoms with van der Waals surface area (Å²) in [4.78, 5) is 0. The third-order valence-corrected chi connectivity index (χ3v) is 10.1. The van der Waals surface area contributed by atoms with Crippen molar-refractivity contribution in [2.24, 2.45) is 18.9 Å². The molecular formula is C36H31N2+. The number of nitrogens with zero attached hydrogens (tertiary/aromatic N) is 2. The van der Waals surface area contributed by atoms with Gasteiger partial charge in [-0.25, -0.2) is 4.57 Å². The first-order valence-corrected chi connectivity index (χ1v) is 14.3. The Balaban J connectivity index is 1.51. The zero-order valence-corrected chi connectivity index (χ0v) is 22.0. The largest absolute Gasteiger partial charge is 0.307 e. The molecule has 3 unspecified atom stereocenters. The Labute approximate surface area is 222 Å². The minimum Gasteiger partial charge on any atom is -0.307 e. The number of hydrogen-bond acceptors (Lipinski definition) is 0. The van der Waals surface area contributed by atoms with Crippen molar-refractivity contribution in [3.8, 4) is 11.1 Å². The van der Waals surface area contributed by atoms with Crippen LogP contribution >= 0.6 is 0 Å². The first-order valence-electron chi connectivity index (χ1n) is 14.3. The van der Waals surface area contributed by atoms with Crippen LogP contribution in [0.15, 0.2) is 85.1 Å². The Morgan fingerprint density at radius 2 is 1.68 bits per heavy atom. The highest BCUT2D eigenvalue weighted by molar-refractivity contribution is 6.27. The summed E-state index contributed by atoms with van der Waals surface area (Å²) in [5.41, 5.74) is 10.9. The molecule has 0 N–H and O–H groups in total. The van der Waals surface area contributed by atoms with Crippen LogP contribution in [-0.4, -0.2) is 4.40 Å². The Bertz CT molecular complexity index is 2060. The number of pyridine rings is 2. The van der Waals surface area contributed by atoms with Gasteiger partial charge in [0.05, 0.1) is 27.3 Å². The average molecular weight is 492 g/mol. The van der Waals surface area contributed by atoms with E-state index in [1.807, 2.05) is 0 Å². The normalized spacial score (nSPS) is 21.3. The second-order valence-corrected chi connectivity index (χ2v) is 12.1. The van der Waals surface area contributed by atoms with Crippen LogP contribution in [0.2, 0.25) is 0 Å². The van der Waals surface area contributed by atoms with E-state index in [-0.39, 0.29) is 0 Å². The molecule has 0 amide bonds. The smallest absolute Gasteiger partial charge is 0.224 e. The molecule has 0 spiro atoms. The maximum absolute atomic E-state index is 2.62. The summed E-state index contributed by atoms with van der Waals surface area (Å²) in [6.45, 7) is 2.28. The number of rotatable bonds is 2. The Morgan fingerprint density at radius 3 is 2.50 bits per heavy atom. The van der Waals surface area contributed by atoms with Crippen LogP contribution in [0.5, 0.6) is 0 Å². The molecule has 0 aliphatic heterocycles. The van der Waals surface area contributed by atoms with Crippen LogP contribution in [0.1, 0.15) is 42.7 Å². The molecule has 0 saturated heterocycles. The van der Waals surface area contributed by atoms with E-state index >= 15 is 0 Å². The van der Waals surface area contributed by atoms with Gasteiger partial charge in [-0.1, -0.05) is 67.1 Å². The molecule has 2 fully saturated rings. The highest BCUT2D eigenvalue weighted by atomic mass is 15.0. The minimum atomic E-state index is 0.711. The maximum atomic E-state index is 2.62. The number of fused-ring (bicyclic) bond motifs is 7. The third-order valence-electron chi connectivity index (χ3n) is 10.1. The third kappa shape index (κ3) is 2.61. The number of aromatic nitrogens is 2. The summed E-state index contributed by atoms with van der Waals surface area (Å²) in [7, 11) is 2.22. The molecule has 2 nitrogen and oxygen atoms in total. The van der Waals surface area contributed by atoms with Crippen LogP contribution in [0.3, 0.4) is 0 Å². The highest BCUT2D eigenvalue weighted by Gasteiger charge is 2.40. The standard InChI is InChI=1S/C36H31N2/c1-21-11-14-28-34-27(23-7-4-3-5-8-23)9-6-10-30(34)38-31-20-26(29-18-22-12-13-24(29)17-22)19-25-15-16-37(2)36(33(25)31)32(21)35(28)38/h3-11,14-16,19-20,22,24,29H,12-13,17-18H2,1-2H3/q+1. The average Bonchev–Trinajstić information content (AvgIpc) is 3.67. The van der Waals surface area contributed by atoms with Crippen LogP contribution < -0.4 is 4.57 Å². The summed E-state index contributed by atoms with van der Waals surface area (Å²) >= 11 is 0. The summed E-state index contributed by atoms with van der Waals surface area (Å²) in [6, 6.07) is 29.9. The lowest BCUT2D eigenvalue weighted by atomic mass is 9.82. The molecule has 3 atom stereocenters. The fourth-order valence-electron chi connectivity index (χ4n) is 8.51. The lowest BCUT2D eigenvalue weighted by molar-refractivity contribution is -0.643. The van der Waals surface area contributed by atoms with E-state index in [0.29, 0.717) is 5.92 Å². The van der Waals surface area contributed by atoms with Gasteiger partial charge in [0, 0.05) is 16.8 Å². The fourth-order valence-corrected chi connectivity index (χ4v) is 8.51. The Hall–Kier alpha value is -3.91. The van der Waals surface area contributed by atoms with Gasteiger partial charge in [-0.3, -0.25) is 0 Å². The van der Waals surface area contributed by atoms with E-state index in [4.69, 9.17) is 0 Å². The molecule has 9 rings (SSSR count). The maximum Gasteiger partial charge on any atom is 0.224 e. The van der Waals surface area contributed by atoms with Crippen LogP contribution in [0, 0.1) is 18.8 Å². The first-order chi connectivity index (χ1) is 18.7. The van der Waals surface area contributed by atoms with Gasteiger partial charge in [-0.05, 0) is 83.7 Å². The molecule has 2 heteroatoms. The van der Waals surface area contributed by atoms with Crippen molar-refractivity contribution in [2.45, 2.75) is 38.5 Å². The summed E-state index contributed by atoms with van der Waals surface area (Å²) in [5.74, 6) is 2.52. The Morgan fingerprint density at radius 1 is 0.789 bits per heavy atom. The fraction of sp³-hybridized carbons (Fsp3) is 0.250. The Kier molecular flexibility index (Phi) is 4.08. The van der Waals surface area contributed by atoms with Gasteiger partial charge in [0.25, 0.3) is 0 Å². The summed E-state index contributed by atoms with van der Waals surface area (Å²) < 4.78 is 4.97. The first kappa shape index (κ1) is 21.1. The highest BCUT2D eigenvalue weighted by Crippen LogP contribution is 2.54. The summed E-state index contributed by atoms with van der Waals surface area (Å²) in [5, 5.41) is 6.88. The molecule has 4 aromatic carbocycles. The van der Waals surface area contributed by atoms with Crippen LogP contribution in [0.25, 0.3) is 60.1 Å². The van der Waals surface area contributed by atoms with Crippen molar-refractivity contribution in [1.29, 1.82) is 0 Å². The molecule has 3 heterocycles. The van der Waals surface area contributed by atoms with Crippen molar-refractivity contribution < 1.29 is 4.57 Å². The van der Waals surface area contributed by atoms with E-state index in [1.54, 1.807) is 5.56 Å². The number of aryl methyl sites for hydroxylation is 2. The van der Waals surface area contributed by atoms with Crippen molar-refractivity contribution >= 4 is 49.0 Å².